The number of anilines is 1. The van der Waals surface area contributed by atoms with E-state index in [0.717, 1.165) is 0 Å². The molecule has 1 saturated heterocycles. The van der Waals surface area contributed by atoms with E-state index < -0.39 is 46.9 Å². The van der Waals surface area contributed by atoms with Crippen molar-refractivity contribution in [1.29, 1.82) is 0 Å². The summed E-state index contributed by atoms with van der Waals surface area (Å²) in [6, 6.07) is 3.98. The summed E-state index contributed by atoms with van der Waals surface area (Å²) in [4.78, 5) is 26.9. The van der Waals surface area contributed by atoms with Crippen molar-refractivity contribution in [3.63, 3.8) is 0 Å². The summed E-state index contributed by atoms with van der Waals surface area (Å²) in [6.45, 7) is 4.45. The second kappa shape index (κ2) is 9.47. The molecule has 1 heterocycles. The highest BCUT2D eigenvalue weighted by molar-refractivity contribution is 5.93. The molecule has 6 nitrogen and oxygen atoms in total. The number of esters is 1. The lowest BCUT2D eigenvalue weighted by Gasteiger charge is -2.40. The molecule has 1 atom stereocenters. The summed E-state index contributed by atoms with van der Waals surface area (Å²) in [7, 11) is 0. The second-order valence-electron chi connectivity index (χ2n) is 7.33. The van der Waals surface area contributed by atoms with Crippen LogP contribution in [0.5, 0.6) is 5.75 Å². The van der Waals surface area contributed by atoms with Crippen LogP contribution >= 0.6 is 0 Å². The first-order valence-electron chi connectivity index (χ1n) is 9.81. The van der Waals surface area contributed by atoms with Crippen LogP contribution in [0.15, 0.2) is 24.3 Å². The van der Waals surface area contributed by atoms with E-state index in [9.17, 15) is 36.6 Å². The minimum atomic E-state index is -2.36. The van der Waals surface area contributed by atoms with Crippen molar-refractivity contribution in [1.82, 2.24) is 4.90 Å². The Kier molecular flexibility index (Phi) is 6.89. The number of piperazine rings is 1. The van der Waals surface area contributed by atoms with Gasteiger partial charge in [0.05, 0.1) is 5.56 Å². The standard InChI is InChI=1S/C22H19F5N2O4/c1-3-4-12-9-13(5-6-14(12)29-8-7-28(22(31)32)10-11(29)2)21(30)33-20-18(26)16(24)15(23)17(25)19(20)27/h3-6,9,11H,7-8,10H2,1-2H3,(H,31,32)/b4-3-/t11-/m1/s1. The Labute approximate surface area is 185 Å². The Morgan fingerprint density at radius 1 is 1.03 bits per heavy atom. The number of halogens is 5. The number of nitrogens with zero attached hydrogens (tertiary/aromatic N) is 2. The predicted octanol–water partition coefficient (Wildman–Crippen LogP) is 4.82. The summed E-state index contributed by atoms with van der Waals surface area (Å²) in [5.41, 5.74) is 0.992. The van der Waals surface area contributed by atoms with Gasteiger partial charge in [0.2, 0.25) is 34.8 Å². The average Bonchev–Trinajstić information content (AvgIpc) is 2.79. The largest absolute Gasteiger partial charge is 0.465 e. The highest BCUT2D eigenvalue weighted by Crippen LogP contribution is 2.31. The van der Waals surface area contributed by atoms with Gasteiger partial charge in [-0.1, -0.05) is 12.2 Å². The van der Waals surface area contributed by atoms with E-state index in [0.29, 0.717) is 17.8 Å². The van der Waals surface area contributed by atoms with Crippen molar-refractivity contribution < 1.29 is 41.4 Å². The fourth-order valence-corrected chi connectivity index (χ4v) is 3.57. The van der Waals surface area contributed by atoms with Gasteiger partial charge in [-0.25, -0.2) is 22.8 Å². The molecule has 3 rings (SSSR count). The number of benzene rings is 2. The quantitative estimate of drug-likeness (QED) is 0.228. The third-order valence-electron chi connectivity index (χ3n) is 5.18. The molecule has 0 aliphatic carbocycles. The fourth-order valence-electron chi connectivity index (χ4n) is 3.57. The molecule has 1 fully saturated rings. The van der Waals surface area contributed by atoms with Crippen LogP contribution in [0.1, 0.15) is 29.8 Å². The van der Waals surface area contributed by atoms with Gasteiger partial charge in [-0.05, 0) is 37.6 Å². The number of allylic oxidation sites excluding steroid dienone is 1. The molecule has 0 bridgehead atoms. The normalized spacial score (nSPS) is 16.4. The molecule has 0 spiro atoms. The van der Waals surface area contributed by atoms with Crippen molar-refractivity contribution in [2.75, 3.05) is 24.5 Å². The molecule has 33 heavy (non-hydrogen) atoms. The summed E-state index contributed by atoms with van der Waals surface area (Å²) in [5, 5.41) is 9.18. The fraction of sp³-hybridized carbons (Fsp3) is 0.273. The number of rotatable bonds is 4. The zero-order chi connectivity index (χ0) is 24.4. The number of carbonyl (C=O) groups is 2. The van der Waals surface area contributed by atoms with E-state index in [-0.39, 0.29) is 24.7 Å². The molecule has 1 aliphatic rings. The summed E-state index contributed by atoms with van der Waals surface area (Å²) < 4.78 is 72.2. The van der Waals surface area contributed by atoms with E-state index in [4.69, 9.17) is 0 Å². The van der Waals surface area contributed by atoms with Gasteiger partial charge in [0.25, 0.3) is 0 Å². The van der Waals surface area contributed by atoms with Crippen LogP contribution in [0.3, 0.4) is 0 Å². The zero-order valence-corrected chi connectivity index (χ0v) is 17.5. The minimum Gasteiger partial charge on any atom is -0.465 e. The third-order valence-corrected chi connectivity index (χ3v) is 5.18. The Morgan fingerprint density at radius 2 is 1.64 bits per heavy atom. The SMILES string of the molecule is C/C=C\c1cc(C(=O)Oc2c(F)c(F)c(F)c(F)c2F)ccc1N1CCN(C(=O)O)C[C@H]1C. The molecule has 1 N–H and O–H groups in total. The Morgan fingerprint density at radius 3 is 2.18 bits per heavy atom. The number of amides is 1. The molecule has 176 valence electrons. The molecule has 1 amide bonds. The molecule has 0 unspecified atom stereocenters. The monoisotopic (exact) mass is 470 g/mol. The molecule has 2 aromatic rings. The van der Waals surface area contributed by atoms with Crippen LogP contribution in [0.25, 0.3) is 6.08 Å². The predicted molar refractivity (Wildman–Crippen MR) is 109 cm³/mol. The third kappa shape index (κ3) is 4.62. The maximum absolute atomic E-state index is 13.9. The lowest BCUT2D eigenvalue weighted by molar-refractivity contribution is 0.0716. The Bertz CT molecular complexity index is 1110. The van der Waals surface area contributed by atoms with Crippen molar-refractivity contribution in [3.05, 3.63) is 64.5 Å². The van der Waals surface area contributed by atoms with Crippen LogP contribution in [0, 0.1) is 29.1 Å². The Balaban J connectivity index is 1.91. The summed E-state index contributed by atoms with van der Waals surface area (Å²) in [6.07, 6.45) is 2.30. The molecular weight excluding hydrogens is 451 g/mol. The van der Waals surface area contributed by atoms with Crippen LogP contribution < -0.4 is 9.64 Å². The van der Waals surface area contributed by atoms with E-state index in [1.165, 1.54) is 23.1 Å². The van der Waals surface area contributed by atoms with Gasteiger partial charge in [-0.2, -0.15) is 8.78 Å². The molecule has 0 saturated carbocycles. The van der Waals surface area contributed by atoms with Gasteiger partial charge < -0.3 is 19.6 Å². The summed E-state index contributed by atoms with van der Waals surface area (Å²) in [5.74, 6) is -14.3. The second-order valence-corrected chi connectivity index (χ2v) is 7.33. The maximum Gasteiger partial charge on any atom is 0.407 e. The van der Waals surface area contributed by atoms with Gasteiger partial charge in [0.15, 0.2) is 0 Å². The molecule has 0 radical (unpaired) electrons. The van der Waals surface area contributed by atoms with Gasteiger partial charge >= 0.3 is 12.1 Å². The summed E-state index contributed by atoms with van der Waals surface area (Å²) >= 11 is 0. The van der Waals surface area contributed by atoms with Gasteiger partial charge in [0, 0.05) is 31.4 Å². The molecule has 1 aliphatic heterocycles. The maximum atomic E-state index is 13.9. The number of carbonyl (C=O) groups excluding carboxylic acids is 1. The van der Waals surface area contributed by atoms with E-state index >= 15 is 0 Å². The highest BCUT2D eigenvalue weighted by atomic mass is 19.2. The first-order chi connectivity index (χ1) is 15.6. The smallest absolute Gasteiger partial charge is 0.407 e. The Hall–Kier alpha value is -3.63. The average molecular weight is 470 g/mol. The number of ether oxygens (including phenoxy) is 1. The molecule has 11 heteroatoms. The zero-order valence-electron chi connectivity index (χ0n) is 17.5. The first-order valence-corrected chi connectivity index (χ1v) is 9.81. The van der Waals surface area contributed by atoms with E-state index in [1.807, 2.05) is 11.8 Å². The van der Waals surface area contributed by atoms with Crippen molar-refractivity contribution in [3.8, 4) is 5.75 Å². The number of carboxylic acid groups (broad SMARTS) is 1. The number of hydrogen-bond acceptors (Lipinski definition) is 4. The number of hydrogen-bond donors (Lipinski definition) is 1. The van der Waals surface area contributed by atoms with E-state index in [1.54, 1.807) is 19.1 Å². The molecule has 2 aromatic carbocycles. The van der Waals surface area contributed by atoms with E-state index in [2.05, 4.69) is 4.74 Å². The molecule has 0 aromatic heterocycles. The van der Waals surface area contributed by atoms with Crippen LogP contribution in [-0.2, 0) is 0 Å². The van der Waals surface area contributed by atoms with Crippen molar-refractivity contribution in [2.45, 2.75) is 19.9 Å². The van der Waals surface area contributed by atoms with Crippen molar-refractivity contribution >= 4 is 23.8 Å². The van der Waals surface area contributed by atoms with Crippen molar-refractivity contribution in [2.24, 2.45) is 0 Å². The topological polar surface area (TPSA) is 70.1 Å². The van der Waals surface area contributed by atoms with Gasteiger partial charge in [-0.3, -0.25) is 0 Å². The highest BCUT2D eigenvalue weighted by Gasteiger charge is 2.30. The molecular formula is C22H19F5N2O4. The minimum absolute atomic E-state index is 0.187. The lowest BCUT2D eigenvalue weighted by atomic mass is 10.0. The first kappa shape index (κ1) is 24.0. The van der Waals surface area contributed by atoms with Crippen LogP contribution in [0.4, 0.5) is 32.4 Å². The van der Waals surface area contributed by atoms with Gasteiger partial charge in [-0.15, -0.1) is 0 Å². The lowest BCUT2D eigenvalue weighted by Crippen LogP contribution is -2.53. The van der Waals surface area contributed by atoms with Crippen LogP contribution in [-0.4, -0.2) is 47.7 Å². The van der Waals surface area contributed by atoms with Gasteiger partial charge in [0.1, 0.15) is 0 Å². The van der Waals surface area contributed by atoms with Crippen LogP contribution in [0.2, 0.25) is 0 Å².